The van der Waals surface area contributed by atoms with E-state index in [4.69, 9.17) is 4.42 Å². The Balaban J connectivity index is 1.75. The van der Waals surface area contributed by atoms with Crippen molar-refractivity contribution >= 4 is 60.4 Å². The molecule has 1 aromatic heterocycles. The van der Waals surface area contributed by atoms with Gasteiger partial charge in [0.1, 0.15) is 5.69 Å². The predicted molar refractivity (Wildman–Crippen MR) is 144 cm³/mol. The van der Waals surface area contributed by atoms with Crippen molar-refractivity contribution in [1.29, 1.82) is 0 Å². The van der Waals surface area contributed by atoms with E-state index in [0.29, 0.717) is 0 Å². The second-order valence-electron chi connectivity index (χ2n) is 9.37. The van der Waals surface area contributed by atoms with Crippen LogP contribution in [0, 0.1) is 0 Å². The SMILES string of the molecule is O=c1c2ccccc2c2ccc3c4c2n1c1ccccc1n-4c1cccc2oc4ccccc4n3-c21. The molecule has 5 aromatic carbocycles. The second-order valence-corrected chi connectivity index (χ2v) is 9.37. The van der Waals surface area contributed by atoms with Gasteiger partial charge in [0.2, 0.25) is 0 Å². The van der Waals surface area contributed by atoms with Crippen LogP contribution in [0.3, 0.4) is 0 Å². The van der Waals surface area contributed by atoms with Gasteiger partial charge < -0.3 is 8.98 Å². The van der Waals surface area contributed by atoms with Crippen LogP contribution >= 0.6 is 0 Å². The molecule has 0 aliphatic carbocycles. The van der Waals surface area contributed by atoms with E-state index in [-0.39, 0.29) is 5.56 Å². The van der Waals surface area contributed by atoms with Crippen molar-refractivity contribution in [3.8, 4) is 11.4 Å². The maximum Gasteiger partial charge on any atom is 0.263 e. The van der Waals surface area contributed by atoms with Gasteiger partial charge in [-0.25, -0.2) is 0 Å². The van der Waals surface area contributed by atoms with Crippen LogP contribution in [-0.2, 0) is 0 Å². The Morgan fingerprint density at radius 1 is 0.472 bits per heavy atom. The van der Waals surface area contributed by atoms with Gasteiger partial charge in [-0.3, -0.25) is 13.8 Å². The number of hydrogen-bond acceptors (Lipinski definition) is 2. The van der Waals surface area contributed by atoms with Gasteiger partial charge in [0.25, 0.3) is 5.56 Å². The van der Waals surface area contributed by atoms with Crippen LogP contribution in [0.25, 0.3) is 71.8 Å². The molecule has 36 heavy (non-hydrogen) atoms. The monoisotopic (exact) mass is 463 g/mol. The summed E-state index contributed by atoms with van der Waals surface area (Å²) in [4.78, 5) is 14.0. The third-order valence-corrected chi connectivity index (χ3v) is 7.60. The Morgan fingerprint density at radius 3 is 2.00 bits per heavy atom. The molecule has 9 rings (SSSR count). The molecule has 0 N–H and O–H groups in total. The van der Waals surface area contributed by atoms with Crippen molar-refractivity contribution in [1.82, 2.24) is 13.5 Å². The van der Waals surface area contributed by atoms with Gasteiger partial charge in [0.05, 0.1) is 38.8 Å². The summed E-state index contributed by atoms with van der Waals surface area (Å²) in [6.45, 7) is 0. The Morgan fingerprint density at radius 2 is 1.11 bits per heavy atom. The first kappa shape index (κ1) is 18.3. The van der Waals surface area contributed by atoms with Crippen LogP contribution in [0.4, 0.5) is 0 Å². The summed E-state index contributed by atoms with van der Waals surface area (Å²) in [5.41, 5.74) is 9.47. The maximum atomic E-state index is 14.0. The minimum Gasteiger partial charge on any atom is -0.453 e. The molecule has 0 atom stereocenters. The van der Waals surface area contributed by atoms with Crippen molar-refractivity contribution in [2.45, 2.75) is 0 Å². The molecule has 168 valence electrons. The molecular weight excluding hydrogens is 446 g/mol. The second kappa shape index (κ2) is 6.15. The standard InChI is InChI=1S/C31H17N3O2/c35-31-20-9-2-1-8-18(20)19-16-17-25-30-28(19)34(31)22-11-4-3-10-21(22)32(30)24-13-7-15-27-29(24)33(25)23-12-5-6-14-26(23)36-27/h1-17H. The van der Waals surface area contributed by atoms with E-state index < -0.39 is 0 Å². The van der Waals surface area contributed by atoms with Gasteiger partial charge in [0.15, 0.2) is 11.2 Å². The molecule has 0 unspecified atom stereocenters. The highest BCUT2D eigenvalue weighted by molar-refractivity contribution is 6.14. The maximum absolute atomic E-state index is 14.0. The highest BCUT2D eigenvalue weighted by atomic mass is 16.3. The molecule has 3 aliphatic rings. The molecule has 0 amide bonds. The lowest BCUT2D eigenvalue weighted by molar-refractivity contribution is 0.647. The van der Waals surface area contributed by atoms with E-state index >= 15 is 0 Å². The van der Waals surface area contributed by atoms with E-state index in [1.54, 1.807) is 0 Å². The molecule has 0 fully saturated rings. The lowest BCUT2D eigenvalue weighted by Gasteiger charge is -2.29. The largest absolute Gasteiger partial charge is 0.453 e. The van der Waals surface area contributed by atoms with E-state index in [1.807, 2.05) is 77.2 Å². The summed E-state index contributed by atoms with van der Waals surface area (Å²) in [5.74, 6) is 0. The van der Waals surface area contributed by atoms with Gasteiger partial charge in [-0.2, -0.15) is 0 Å². The Kier molecular flexibility index (Phi) is 3.13. The zero-order valence-corrected chi connectivity index (χ0v) is 19.0. The normalized spacial score (nSPS) is 12.6. The van der Waals surface area contributed by atoms with Crippen LogP contribution in [0.5, 0.6) is 0 Å². The van der Waals surface area contributed by atoms with Crippen LogP contribution in [0.15, 0.2) is 112 Å². The van der Waals surface area contributed by atoms with Crippen LogP contribution in [0.1, 0.15) is 0 Å². The molecule has 5 nitrogen and oxygen atoms in total. The molecule has 0 bridgehead atoms. The average Bonchev–Trinajstić information content (AvgIpc) is 2.93. The Labute approximate surface area is 203 Å². The molecule has 6 aromatic rings. The van der Waals surface area contributed by atoms with E-state index in [0.717, 1.165) is 71.8 Å². The smallest absolute Gasteiger partial charge is 0.263 e. The van der Waals surface area contributed by atoms with Crippen molar-refractivity contribution < 1.29 is 4.42 Å². The summed E-state index contributed by atoms with van der Waals surface area (Å²) in [6, 6.07) is 34.7. The minimum absolute atomic E-state index is 0.000486. The molecule has 0 saturated heterocycles. The summed E-state index contributed by atoms with van der Waals surface area (Å²) in [7, 11) is 0. The first-order chi connectivity index (χ1) is 17.8. The van der Waals surface area contributed by atoms with E-state index in [9.17, 15) is 4.79 Å². The van der Waals surface area contributed by atoms with E-state index in [2.05, 4.69) is 39.5 Å². The number of benzene rings is 5. The lowest BCUT2D eigenvalue weighted by atomic mass is 10.0. The zero-order chi connectivity index (χ0) is 23.5. The minimum atomic E-state index is 0.000486. The van der Waals surface area contributed by atoms with Crippen LogP contribution < -0.4 is 5.56 Å². The van der Waals surface area contributed by atoms with Gasteiger partial charge in [-0.15, -0.1) is 0 Å². The third kappa shape index (κ3) is 1.98. The number of hydrogen-bond donors (Lipinski definition) is 0. The van der Waals surface area contributed by atoms with Crippen molar-refractivity contribution in [3.05, 3.63) is 113 Å². The van der Waals surface area contributed by atoms with Gasteiger partial charge in [-0.05, 0) is 60.0 Å². The fourth-order valence-corrected chi connectivity index (χ4v) is 6.20. The summed E-state index contributed by atoms with van der Waals surface area (Å²) in [5, 5.41) is 2.76. The molecule has 0 spiro atoms. The summed E-state index contributed by atoms with van der Waals surface area (Å²) in [6.07, 6.45) is 0. The fraction of sp³-hybridized carbons (Fsp3) is 0. The molecule has 4 heterocycles. The summed E-state index contributed by atoms with van der Waals surface area (Å²) < 4.78 is 12.9. The highest BCUT2D eigenvalue weighted by Gasteiger charge is 2.27. The van der Waals surface area contributed by atoms with Crippen molar-refractivity contribution in [3.63, 3.8) is 0 Å². The fourth-order valence-electron chi connectivity index (χ4n) is 6.20. The molecule has 5 heteroatoms. The van der Waals surface area contributed by atoms with Gasteiger partial charge in [0, 0.05) is 10.8 Å². The zero-order valence-electron chi connectivity index (χ0n) is 19.0. The number of fused-ring (bicyclic) bond motifs is 9. The first-order valence-electron chi connectivity index (χ1n) is 12.0. The first-order valence-corrected chi connectivity index (χ1v) is 12.0. The quantitative estimate of drug-likeness (QED) is 0.178. The third-order valence-electron chi connectivity index (χ3n) is 7.60. The van der Waals surface area contributed by atoms with Crippen LogP contribution in [0.2, 0.25) is 0 Å². The number of para-hydroxylation sites is 5. The number of rotatable bonds is 0. The van der Waals surface area contributed by atoms with E-state index in [1.165, 1.54) is 0 Å². The molecule has 3 aliphatic heterocycles. The average molecular weight is 463 g/mol. The Hall–Kier alpha value is -5.03. The molecule has 0 radical (unpaired) electrons. The van der Waals surface area contributed by atoms with Crippen molar-refractivity contribution in [2.75, 3.05) is 0 Å². The highest BCUT2D eigenvalue weighted by Crippen LogP contribution is 2.43. The van der Waals surface area contributed by atoms with Crippen LogP contribution in [-0.4, -0.2) is 13.5 Å². The number of aromatic nitrogens is 3. The van der Waals surface area contributed by atoms with Crippen molar-refractivity contribution in [2.24, 2.45) is 0 Å². The molecule has 0 saturated carbocycles. The topological polar surface area (TPSA) is 44.5 Å². The lowest BCUT2D eigenvalue weighted by Crippen LogP contribution is -2.22. The van der Waals surface area contributed by atoms with Gasteiger partial charge in [-0.1, -0.05) is 48.5 Å². The van der Waals surface area contributed by atoms with Gasteiger partial charge >= 0.3 is 0 Å². The molecular formula is C31H17N3O2. The predicted octanol–water partition coefficient (Wildman–Crippen LogP) is 7.12. The summed E-state index contributed by atoms with van der Waals surface area (Å²) >= 11 is 0. The number of pyridine rings is 1. The number of nitrogens with zero attached hydrogens (tertiary/aromatic N) is 3. The Bertz CT molecular complexity index is 2340.